The maximum atomic E-state index is 13.6. The number of nitrogens with one attached hydrogen (secondary N) is 1. The molecule has 0 saturated heterocycles. The molecule has 5 nitrogen and oxygen atoms in total. The van der Waals surface area contributed by atoms with Gasteiger partial charge in [0.1, 0.15) is 5.82 Å². The van der Waals surface area contributed by atoms with E-state index in [1.54, 1.807) is 36.4 Å². The summed E-state index contributed by atoms with van der Waals surface area (Å²) in [5.74, 6) is -0.832. The third-order valence-corrected chi connectivity index (χ3v) is 6.40. The van der Waals surface area contributed by atoms with Gasteiger partial charge in [-0.2, -0.15) is 0 Å². The molecule has 184 valence electrons. The number of rotatable bonds is 8. The van der Waals surface area contributed by atoms with E-state index in [2.05, 4.69) is 19.2 Å². The van der Waals surface area contributed by atoms with Crippen molar-refractivity contribution in [3.05, 3.63) is 94.3 Å². The first-order valence-corrected chi connectivity index (χ1v) is 11.9. The highest BCUT2D eigenvalue weighted by atomic mass is 35.5. The van der Waals surface area contributed by atoms with Gasteiger partial charge in [-0.25, -0.2) is 4.39 Å². The summed E-state index contributed by atoms with van der Waals surface area (Å²) < 4.78 is 13.6. The highest BCUT2D eigenvalue weighted by Gasteiger charge is 2.26. The number of halogens is 2. The number of nitrogens with zero attached hydrogens (tertiary/aromatic N) is 2. The summed E-state index contributed by atoms with van der Waals surface area (Å²) in [6, 6.07) is 18.0. The van der Waals surface area contributed by atoms with E-state index in [0.717, 1.165) is 11.3 Å². The van der Waals surface area contributed by atoms with Crippen LogP contribution in [0.2, 0.25) is 5.02 Å². The van der Waals surface area contributed by atoms with Crippen LogP contribution in [0.5, 0.6) is 0 Å². The van der Waals surface area contributed by atoms with Gasteiger partial charge in [0.25, 0.3) is 11.8 Å². The number of hydrogen-bond donors (Lipinski definition) is 1. The molecule has 0 heterocycles. The maximum Gasteiger partial charge on any atom is 0.255 e. The summed E-state index contributed by atoms with van der Waals surface area (Å²) >= 11 is 6.35. The zero-order valence-corrected chi connectivity index (χ0v) is 21.4. The van der Waals surface area contributed by atoms with Crippen LogP contribution >= 0.6 is 11.6 Å². The minimum Gasteiger partial charge on any atom is -0.377 e. The molecule has 3 aromatic rings. The molecule has 0 aliphatic carbocycles. The second-order valence-corrected chi connectivity index (χ2v) is 9.51. The fourth-order valence-electron chi connectivity index (χ4n) is 3.79. The van der Waals surface area contributed by atoms with Crippen molar-refractivity contribution in [3.8, 4) is 0 Å². The Labute approximate surface area is 211 Å². The lowest BCUT2D eigenvalue weighted by Gasteiger charge is -2.33. The molecule has 0 aromatic heterocycles. The van der Waals surface area contributed by atoms with Gasteiger partial charge in [-0.1, -0.05) is 43.6 Å². The number of carbonyl (C=O) groups excluding carboxylic acids is 2. The third-order valence-electron chi connectivity index (χ3n) is 6.07. The Balaban J connectivity index is 1.97. The third kappa shape index (κ3) is 6.40. The van der Waals surface area contributed by atoms with Crippen LogP contribution in [0.1, 0.15) is 47.1 Å². The molecule has 0 spiro atoms. The fourth-order valence-corrected chi connectivity index (χ4v) is 4.01. The van der Waals surface area contributed by atoms with E-state index >= 15 is 0 Å². The monoisotopic (exact) mass is 495 g/mol. The molecule has 1 N–H and O–H groups in total. The molecule has 3 rings (SSSR count). The van der Waals surface area contributed by atoms with E-state index in [4.69, 9.17) is 11.6 Å². The van der Waals surface area contributed by atoms with Gasteiger partial charge in [0.15, 0.2) is 0 Å². The molecule has 1 atom stereocenters. The van der Waals surface area contributed by atoms with Crippen LogP contribution in [-0.4, -0.2) is 36.9 Å². The quantitative estimate of drug-likeness (QED) is 0.389. The largest absolute Gasteiger partial charge is 0.377 e. The van der Waals surface area contributed by atoms with E-state index in [0.29, 0.717) is 22.8 Å². The number of anilines is 2. The molecule has 3 aromatic carbocycles. The predicted molar refractivity (Wildman–Crippen MR) is 141 cm³/mol. The van der Waals surface area contributed by atoms with Gasteiger partial charge in [-0.3, -0.25) is 9.59 Å². The first kappa shape index (κ1) is 26.2. The summed E-state index contributed by atoms with van der Waals surface area (Å²) in [6.07, 6.45) is 0. The average Bonchev–Trinajstić information content (AvgIpc) is 2.82. The Kier molecular flexibility index (Phi) is 8.52. The van der Waals surface area contributed by atoms with Crippen molar-refractivity contribution >= 4 is 34.8 Å². The number of amides is 2. The SMILES string of the molecule is CC(C)[C@H](C)N(Cc1cc(NC(=O)c2cccc(F)c2)ccc1N(C)C)C(=O)c1ccccc1Cl. The van der Waals surface area contributed by atoms with E-state index < -0.39 is 11.7 Å². The Morgan fingerprint density at radius 3 is 2.31 bits per heavy atom. The molecule has 0 radical (unpaired) electrons. The normalized spacial score (nSPS) is 11.8. The van der Waals surface area contributed by atoms with Crippen molar-refractivity contribution in [1.29, 1.82) is 0 Å². The van der Waals surface area contributed by atoms with Crippen molar-refractivity contribution in [2.45, 2.75) is 33.4 Å². The Hall–Kier alpha value is -3.38. The molecule has 0 aliphatic heterocycles. The Morgan fingerprint density at radius 1 is 0.971 bits per heavy atom. The molecule has 0 saturated carbocycles. The van der Waals surface area contributed by atoms with E-state index in [1.807, 2.05) is 43.0 Å². The average molecular weight is 496 g/mol. The second kappa shape index (κ2) is 11.4. The molecule has 0 fully saturated rings. The summed E-state index contributed by atoms with van der Waals surface area (Å²) in [4.78, 5) is 30.1. The minimum absolute atomic E-state index is 0.0701. The summed E-state index contributed by atoms with van der Waals surface area (Å²) in [5, 5.41) is 3.24. The molecule has 0 aliphatic rings. The van der Waals surface area contributed by atoms with Gasteiger partial charge in [-0.05, 0) is 66.9 Å². The smallest absolute Gasteiger partial charge is 0.255 e. The van der Waals surface area contributed by atoms with Crippen LogP contribution < -0.4 is 10.2 Å². The maximum absolute atomic E-state index is 13.6. The van der Waals surface area contributed by atoms with Crippen LogP contribution in [-0.2, 0) is 6.54 Å². The van der Waals surface area contributed by atoms with Gasteiger partial charge < -0.3 is 15.1 Å². The van der Waals surface area contributed by atoms with Crippen LogP contribution in [0.3, 0.4) is 0 Å². The van der Waals surface area contributed by atoms with Gasteiger partial charge >= 0.3 is 0 Å². The lowest BCUT2D eigenvalue weighted by atomic mass is 10.0. The van der Waals surface area contributed by atoms with Gasteiger partial charge in [0, 0.05) is 43.6 Å². The minimum atomic E-state index is -0.474. The summed E-state index contributed by atoms with van der Waals surface area (Å²) in [6.45, 7) is 6.48. The van der Waals surface area contributed by atoms with Crippen molar-refractivity contribution < 1.29 is 14.0 Å². The van der Waals surface area contributed by atoms with E-state index in [-0.39, 0.29) is 23.4 Å². The fraction of sp³-hybridized carbons (Fsp3) is 0.286. The number of benzene rings is 3. The topological polar surface area (TPSA) is 52.7 Å². The van der Waals surface area contributed by atoms with E-state index in [9.17, 15) is 14.0 Å². The van der Waals surface area contributed by atoms with Gasteiger partial charge in [-0.15, -0.1) is 0 Å². The van der Waals surface area contributed by atoms with Crippen molar-refractivity contribution in [3.63, 3.8) is 0 Å². The van der Waals surface area contributed by atoms with Crippen LogP contribution in [0.15, 0.2) is 66.7 Å². The van der Waals surface area contributed by atoms with Gasteiger partial charge in [0.05, 0.1) is 10.6 Å². The van der Waals surface area contributed by atoms with Crippen molar-refractivity contribution in [1.82, 2.24) is 4.90 Å². The molecule has 0 bridgehead atoms. The first-order valence-electron chi connectivity index (χ1n) is 11.5. The van der Waals surface area contributed by atoms with Crippen molar-refractivity contribution in [2.75, 3.05) is 24.3 Å². The molecular formula is C28H31ClFN3O2. The Morgan fingerprint density at radius 2 is 1.69 bits per heavy atom. The number of hydrogen-bond acceptors (Lipinski definition) is 3. The summed E-state index contributed by atoms with van der Waals surface area (Å²) in [7, 11) is 3.85. The molecule has 0 unspecified atom stereocenters. The Bertz CT molecular complexity index is 1210. The molecular weight excluding hydrogens is 465 g/mol. The lowest BCUT2D eigenvalue weighted by molar-refractivity contribution is 0.0628. The van der Waals surface area contributed by atoms with Crippen molar-refractivity contribution in [2.24, 2.45) is 5.92 Å². The van der Waals surface area contributed by atoms with E-state index in [1.165, 1.54) is 18.2 Å². The molecule has 35 heavy (non-hydrogen) atoms. The van der Waals surface area contributed by atoms with Crippen LogP contribution in [0.4, 0.5) is 15.8 Å². The highest BCUT2D eigenvalue weighted by Crippen LogP contribution is 2.28. The zero-order valence-electron chi connectivity index (χ0n) is 20.7. The van der Waals surface area contributed by atoms with Crippen LogP contribution in [0.25, 0.3) is 0 Å². The molecule has 7 heteroatoms. The number of carbonyl (C=O) groups is 2. The molecule has 2 amide bonds. The summed E-state index contributed by atoms with van der Waals surface area (Å²) in [5.41, 5.74) is 3.01. The second-order valence-electron chi connectivity index (χ2n) is 9.10. The zero-order chi connectivity index (χ0) is 25.7. The van der Waals surface area contributed by atoms with Gasteiger partial charge in [0.2, 0.25) is 0 Å². The first-order chi connectivity index (χ1) is 16.6. The standard InChI is InChI=1S/C28H31ClFN3O2/c1-18(2)19(3)33(28(35)24-11-6-7-12-25(24)29)17-21-16-23(13-14-26(21)32(4)5)31-27(34)20-9-8-10-22(30)15-20/h6-16,18-19H,17H2,1-5H3,(H,31,34)/t19-/m0/s1. The highest BCUT2D eigenvalue weighted by molar-refractivity contribution is 6.33. The van der Waals surface area contributed by atoms with Crippen LogP contribution in [0, 0.1) is 11.7 Å². The predicted octanol–water partition coefficient (Wildman–Crippen LogP) is 6.48. The lowest BCUT2D eigenvalue weighted by Crippen LogP contribution is -2.41.